The Morgan fingerprint density at radius 1 is 1.55 bits per heavy atom. The number of anilines is 1. The van der Waals surface area contributed by atoms with E-state index in [9.17, 15) is 0 Å². The highest BCUT2D eigenvalue weighted by Gasteiger charge is 2.06. The molecule has 1 aliphatic heterocycles. The third-order valence-corrected chi connectivity index (χ3v) is 1.92. The predicted molar refractivity (Wildman–Crippen MR) is 46.5 cm³/mol. The molecule has 2 nitrogen and oxygen atoms in total. The van der Waals surface area contributed by atoms with E-state index in [0.717, 1.165) is 6.54 Å². The first-order chi connectivity index (χ1) is 5.38. The molecule has 0 bridgehead atoms. The molecule has 2 rings (SSSR count). The Morgan fingerprint density at radius 3 is 3.27 bits per heavy atom. The van der Waals surface area contributed by atoms with Crippen LogP contribution < -0.4 is 4.90 Å². The number of pyridine rings is 1. The summed E-state index contributed by atoms with van der Waals surface area (Å²) in [6.07, 6.45) is 8.01. The molecule has 0 fully saturated rings. The largest absolute Gasteiger partial charge is 0.369 e. The van der Waals surface area contributed by atoms with Crippen LogP contribution in [0, 0.1) is 0 Å². The van der Waals surface area contributed by atoms with Gasteiger partial charge in [0.15, 0.2) is 0 Å². The summed E-state index contributed by atoms with van der Waals surface area (Å²) in [4.78, 5) is 6.26. The number of nitrogens with zero attached hydrogens (tertiary/aromatic N) is 2. The molecule has 0 radical (unpaired) electrons. The lowest BCUT2D eigenvalue weighted by molar-refractivity contribution is 1.01. The van der Waals surface area contributed by atoms with Crippen molar-refractivity contribution in [1.82, 2.24) is 4.98 Å². The van der Waals surface area contributed by atoms with E-state index in [2.05, 4.69) is 29.1 Å². The number of aromatic nitrogens is 1. The quantitative estimate of drug-likeness (QED) is 0.552. The first kappa shape index (κ1) is 6.40. The fraction of sp³-hybridized carbons (Fsp3) is 0.222. The monoisotopic (exact) mass is 146 g/mol. The van der Waals surface area contributed by atoms with Gasteiger partial charge < -0.3 is 4.90 Å². The molecule has 0 amide bonds. The highest BCUT2D eigenvalue weighted by molar-refractivity contribution is 5.69. The van der Waals surface area contributed by atoms with E-state index in [4.69, 9.17) is 0 Å². The molecule has 0 atom stereocenters. The van der Waals surface area contributed by atoms with Crippen molar-refractivity contribution in [3.05, 3.63) is 30.1 Å². The molecule has 1 aromatic heterocycles. The van der Waals surface area contributed by atoms with Crippen LogP contribution in [-0.2, 0) is 0 Å². The van der Waals surface area contributed by atoms with E-state index in [0.29, 0.717) is 0 Å². The van der Waals surface area contributed by atoms with Gasteiger partial charge >= 0.3 is 0 Å². The highest BCUT2D eigenvalue weighted by Crippen LogP contribution is 2.22. The van der Waals surface area contributed by atoms with Crippen molar-refractivity contribution < 1.29 is 0 Å². The Hall–Kier alpha value is -1.31. The zero-order valence-corrected chi connectivity index (χ0v) is 6.49. The van der Waals surface area contributed by atoms with Crippen LogP contribution in [-0.4, -0.2) is 18.6 Å². The molecule has 0 aliphatic carbocycles. The topological polar surface area (TPSA) is 16.1 Å². The molecule has 0 saturated heterocycles. The minimum atomic E-state index is 0.985. The second-order valence-electron chi connectivity index (χ2n) is 2.72. The van der Waals surface area contributed by atoms with Crippen molar-refractivity contribution in [2.75, 3.05) is 18.5 Å². The molecule has 0 unspecified atom stereocenters. The van der Waals surface area contributed by atoms with Gasteiger partial charge in [0.05, 0.1) is 11.9 Å². The first-order valence-corrected chi connectivity index (χ1v) is 3.69. The third-order valence-electron chi connectivity index (χ3n) is 1.92. The molecule has 11 heavy (non-hydrogen) atoms. The second-order valence-corrected chi connectivity index (χ2v) is 2.72. The standard InChI is InChI=1S/C9H10N2/c1-11-6-2-3-8-4-5-10-7-9(8)11/h2-5,7H,6H2,1H3. The average Bonchev–Trinajstić information content (AvgIpc) is 2.06. The van der Waals surface area contributed by atoms with Crippen molar-refractivity contribution >= 4 is 11.8 Å². The number of hydrogen-bond acceptors (Lipinski definition) is 2. The molecule has 56 valence electrons. The Labute approximate surface area is 66.2 Å². The Bertz CT molecular complexity index is 291. The zero-order chi connectivity index (χ0) is 7.68. The van der Waals surface area contributed by atoms with Crippen LogP contribution in [0.1, 0.15) is 5.56 Å². The SMILES string of the molecule is CN1CC=Cc2ccncc21. The van der Waals surface area contributed by atoms with Gasteiger partial charge in [0.2, 0.25) is 0 Å². The Morgan fingerprint density at radius 2 is 2.45 bits per heavy atom. The van der Waals surface area contributed by atoms with Crippen molar-refractivity contribution in [3.63, 3.8) is 0 Å². The lowest BCUT2D eigenvalue weighted by Crippen LogP contribution is -2.20. The van der Waals surface area contributed by atoms with Crippen LogP contribution >= 0.6 is 0 Å². The average molecular weight is 146 g/mol. The number of rotatable bonds is 0. The maximum Gasteiger partial charge on any atom is 0.0626 e. The maximum atomic E-state index is 4.07. The van der Waals surface area contributed by atoms with Crippen molar-refractivity contribution in [2.45, 2.75) is 0 Å². The van der Waals surface area contributed by atoms with Crippen LogP contribution in [0.25, 0.3) is 6.08 Å². The minimum absolute atomic E-state index is 0.985. The van der Waals surface area contributed by atoms with Crippen LogP contribution in [0.2, 0.25) is 0 Å². The lowest BCUT2D eigenvalue weighted by Gasteiger charge is -2.22. The molecule has 1 aliphatic rings. The summed E-state index contributed by atoms with van der Waals surface area (Å²) in [5.41, 5.74) is 2.48. The summed E-state index contributed by atoms with van der Waals surface area (Å²) in [5, 5.41) is 0. The second kappa shape index (κ2) is 2.38. The van der Waals surface area contributed by atoms with Crippen molar-refractivity contribution in [2.24, 2.45) is 0 Å². The van der Waals surface area contributed by atoms with Gasteiger partial charge in [-0.15, -0.1) is 0 Å². The van der Waals surface area contributed by atoms with E-state index >= 15 is 0 Å². The number of hydrogen-bond donors (Lipinski definition) is 0. The Kier molecular flexibility index (Phi) is 1.39. The van der Waals surface area contributed by atoms with E-state index in [1.807, 2.05) is 18.5 Å². The molecule has 1 aromatic rings. The van der Waals surface area contributed by atoms with Crippen molar-refractivity contribution in [1.29, 1.82) is 0 Å². The number of fused-ring (bicyclic) bond motifs is 1. The zero-order valence-electron chi connectivity index (χ0n) is 6.49. The van der Waals surface area contributed by atoms with Crippen LogP contribution in [0.15, 0.2) is 24.5 Å². The van der Waals surface area contributed by atoms with Crippen LogP contribution in [0.4, 0.5) is 5.69 Å². The van der Waals surface area contributed by atoms with Crippen molar-refractivity contribution in [3.8, 4) is 0 Å². The van der Waals surface area contributed by atoms with Gasteiger partial charge in [-0.05, 0) is 6.07 Å². The summed E-state index contributed by atoms with van der Waals surface area (Å²) < 4.78 is 0. The Balaban J connectivity index is 2.54. The summed E-state index contributed by atoms with van der Waals surface area (Å²) in [7, 11) is 2.07. The van der Waals surface area contributed by atoms with Gasteiger partial charge in [-0.25, -0.2) is 0 Å². The fourth-order valence-corrected chi connectivity index (χ4v) is 1.29. The van der Waals surface area contributed by atoms with E-state index < -0.39 is 0 Å². The third kappa shape index (κ3) is 1.00. The van der Waals surface area contributed by atoms with Gasteiger partial charge in [0, 0.05) is 25.4 Å². The van der Waals surface area contributed by atoms with Gasteiger partial charge in [0.1, 0.15) is 0 Å². The molecule has 0 spiro atoms. The highest BCUT2D eigenvalue weighted by atomic mass is 15.1. The van der Waals surface area contributed by atoms with Gasteiger partial charge in [-0.1, -0.05) is 12.2 Å². The summed E-state index contributed by atoms with van der Waals surface area (Å²) in [6.45, 7) is 0.985. The summed E-state index contributed by atoms with van der Waals surface area (Å²) >= 11 is 0. The minimum Gasteiger partial charge on any atom is -0.369 e. The van der Waals surface area contributed by atoms with Gasteiger partial charge in [-0.2, -0.15) is 0 Å². The van der Waals surface area contributed by atoms with Crippen LogP contribution in [0.5, 0.6) is 0 Å². The van der Waals surface area contributed by atoms with E-state index in [1.54, 1.807) is 0 Å². The normalized spacial score (nSPS) is 14.8. The molecule has 2 heteroatoms. The molecular weight excluding hydrogens is 136 g/mol. The molecular formula is C9H10N2. The summed E-state index contributed by atoms with van der Waals surface area (Å²) in [5.74, 6) is 0. The van der Waals surface area contributed by atoms with E-state index in [1.165, 1.54) is 11.3 Å². The molecule has 0 aromatic carbocycles. The van der Waals surface area contributed by atoms with Gasteiger partial charge in [-0.3, -0.25) is 4.98 Å². The molecule has 2 heterocycles. The predicted octanol–water partition coefficient (Wildman–Crippen LogP) is 1.54. The van der Waals surface area contributed by atoms with E-state index in [-0.39, 0.29) is 0 Å². The molecule has 0 N–H and O–H groups in total. The number of likely N-dealkylation sites (N-methyl/N-ethyl adjacent to an activating group) is 1. The first-order valence-electron chi connectivity index (χ1n) is 3.69. The summed E-state index contributed by atoms with van der Waals surface area (Å²) in [6, 6.07) is 2.03. The smallest absolute Gasteiger partial charge is 0.0626 e. The fourth-order valence-electron chi connectivity index (χ4n) is 1.29. The lowest BCUT2D eigenvalue weighted by atomic mass is 10.1. The van der Waals surface area contributed by atoms with Crippen LogP contribution in [0.3, 0.4) is 0 Å². The molecule has 0 saturated carbocycles. The van der Waals surface area contributed by atoms with Gasteiger partial charge in [0.25, 0.3) is 0 Å². The maximum absolute atomic E-state index is 4.07.